The maximum atomic E-state index is 9.91. The van der Waals surface area contributed by atoms with Crippen molar-refractivity contribution in [2.24, 2.45) is 11.8 Å². The molecule has 0 bridgehead atoms. The Hall–Kier alpha value is -0.275. The zero-order valence-electron chi connectivity index (χ0n) is 7.62. The molecule has 2 nitrogen and oxygen atoms in total. The molecule has 12 heavy (non-hydrogen) atoms. The van der Waals surface area contributed by atoms with E-state index in [2.05, 4.69) is 6.58 Å². The second-order valence-corrected chi connectivity index (χ2v) is 3.86. The number of aliphatic hydroxyl groups is 2. The molecule has 0 aromatic rings. The largest absolute Gasteiger partial charge is 0.396 e. The quantitative estimate of drug-likeness (QED) is 0.440. The molecule has 3 heteroatoms. The Morgan fingerprint density at radius 3 is 2.33 bits per heavy atom. The van der Waals surface area contributed by atoms with Crippen molar-refractivity contribution in [3.05, 3.63) is 12.2 Å². The van der Waals surface area contributed by atoms with E-state index in [-0.39, 0.29) is 18.4 Å². The van der Waals surface area contributed by atoms with Gasteiger partial charge in [0.1, 0.15) is 0 Å². The Kier molecular flexibility index (Phi) is 2.36. The minimum atomic E-state index is -0.926. The van der Waals surface area contributed by atoms with Crippen LogP contribution < -0.4 is 0 Å². The van der Waals surface area contributed by atoms with Crippen LogP contribution in [0.1, 0.15) is 13.8 Å². The third kappa shape index (κ3) is 1.12. The topological polar surface area (TPSA) is 40.5 Å². The summed E-state index contributed by atoms with van der Waals surface area (Å²) in [5.41, 5.74) is -0.167. The van der Waals surface area contributed by atoms with Gasteiger partial charge in [-0.1, -0.05) is 19.1 Å². The van der Waals surface area contributed by atoms with E-state index in [1.807, 2.05) is 6.92 Å². The van der Waals surface area contributed by atoms with Crippen LogP contribution in [0.2, 0.25) is 5.82 Å². The monoisotopic (exact) mass is 166 g/mol. The molecule has 2 radical (unpaired) electrons. The molecule has 66 valence electrons. The van der Waals surface area contributed by atoms with E-state index in [1.165, 1.54) is 0 Å². The average molecular weight is 166 g/mol. The minimum absolute atomic E-state index is 0.0177. The summed E-state index contributed by atoms with van der Waals surface area (Å²) in [6, 6.07) is 0. The van der Waals surface area contributed by atoms with E-state index in [4.69, 9.17) is 13.0 Å². The molecule has 0 spiro atoms. The average Bonchev–Trinajstić information content (AvgIpc) is 2.15. The molecule has 1 aliphatic carbocycles. The van der Waals surface area contributed by atoms with Gasteiger partial charge in [-0.2, -0.15) is 0 Å². The first-order valence-electron chi connectivity index (χ1n) is 4.20. The minimum Gasteiger partial charge on any atom is -0.396 e. The molecule has 1 fully saturated rings. The highest BCUT2D eigenvalue weighted by atomic mass is 16.3. The highest BCUT2D eigenvalue weighted by molar-refractivity contribution is 6.15. The lowest BCUT2D eigenvalue weighted by Crippen LogP contribution is -2.33. The maximum Gasteiger partial charge on any atom is 0.0798 e. The van der Waals surface area contributed by atoms with Crippen molar-refractivity contribution in [2.75, 3.05) is 6.61 Å². The molecule has 1 aliphatic rings. The van der Waals surface area contributed by atoms with Crippen LogP contribution >= 0.6 is 0 Å². The van der Waals surface area contributed by atoms with E-state index in [0.29, 0.717) is 0 Å². The van der Waals surface area contributed by atoms with Crippen molar-refractivity contribution < 1.29 is 10.2 Å². The van der Waals surface area contributed by atoms with Gasteiger partial charge in [-0.15, -0.1) is 0 Å². The number of hydrogen-bond acceptors (Lipinski definition) is 2. The molecule has 4 atom stereocenters. The summed E-state index contributed by atoms with van der Waals surface area (Å²) < 4.78 is 0. The molecule has 0 aromatic carbocycles. The molecule has 1 saturated carbocycles. The van der Waals surface area contributed by atoms with Gasteiger partial charge in [0.25, 0.3) is 0 Å². The van der Waals surface area contributed by atoms with Crippen LogP contribution in [0.15, 0.2) is 12.2 Å². The van der Waals surface area contributed by atoms with Crippen LogP contribution in [-0.4, -0.2) is 30.3 Å². The van der Waals surface area contributed by atoms with E-state index >= 15 is 0 Å². The number of hydrogen-bond donors (Lipinski definition) is 2. The van der Waals surface area contributed by atoms with Crippen molar-refractivity contribution >= 4 is 7.85 Å². The molecular formula is C9H15BO2. The SMILES string of the molecule is [B][C@@H]1C(=C)[C@H](CO)[C@@H](C)[C@@]1(C)O. The first-order chi connectivity index (χ1) is 5.42. The molecule has 0 amide bonds. The van der Waals surface area contributed by atoms with Gasteiger partial charge in [0, 0.05) is 12.5 Å². The van der Waals surface area contributed by atoms with Crippen LogP contribution in [0.4, 0.5) is 0 Å². The van der Waals surface area contributed by atoms with Crippen molar-refractivity contribution in [3.8, 4) is 0 Å². The molecule has 0 saturated heterocycles. The van der Waals surface area contributed by atoms with Gasteiger partial charge in [-0.25, -0.2) is 0 Å². The van der Waals surface area contributed by atoms with Gasteiger partial charge in [0.15, 0.2) is 0 Å². The van der Waals surface area contributed by atoms with Gasteiger partial charge >= 0.3 is 0 Å². The summed E-state index contributed by atoms with van der Waals surface area (Å²) in [5.74, 6) is -0.496. The number of aliphatic hydroxyl groups excluding tert-OH is 1. The predicted molar refractivity (Wildman–Crippen MR) is 49.0 cm³/mol. The van der Waals surface area contributed by atoms with E-state index in [1.54, 1.807) is 6.92 Å². The highest BCUT2D eigenvalue weighted by Crippen LogP contribution is 2.49. The Balaban J connectivity index is 2.94. The second-order valence-electron chi connectivity index (χ2n) is 3.86. The normalized spacial score (nSPS) is 48.3. The predicted octanol–water partition coefficient (Wildman–Crippen LogP) is 0.509. The van der Waals surface area contributed by atoms with Gasteiger partial charge in [0.05, 0.1) is 13.4 Å². The smallest absolute Gasteiger partial charge is 0.0798 e. The van der Waals surface area contributed by atoms with Crippen LogP contribution in [0.5, 0.6) is 0 Å². The summed E-state index contributed by atoms with van der Waals surface area (Å²) >= 11 is 0. The molecular weight excluding hydrogens is 151 g/mol. The summed E-state index contributed by atoms with van der Waals surface area (Å²) in [6.45, 7) is 7.39. The van der Waals surface area contributed by atoms with Gasteiger partial charge < -0.3 is 10.2 Å². The van der Waals surface area contributed by atoms with Gasteiger partial charge in [-0.3, -0.25) is 0 Å². The van der Waals surface area contributed by atoms with Crippen molar-refractivity contribution in [1.29, 1.82) is 0 Å². The Morgan fingerprint density at radius 2 is 2.17 bits per heavy atom. The zero-order chi connectivity index (χ0) is 9.52. The molecule has 0 unspecified atom stereocenters. The summed E-state index contributed by atoms with van der Waals surface area (Å²) in [5, 5.41) is 18.9. The second kappa shape index (κ2) is 2.89. The van der Waals surface area contributed by atoms with Crippen LogP contribution in [0, 0.1) is 11.8 Å². The molecule has 2 N–H and O–H groups in total. The van der Waals surface area contributed by atoms with Gasteiger partial charge in [-0.05, 0) is 18.7 Å². The fraction of sp³-hybridized carbons (Fsp3) is 0.778. The Labute approximate surface area is 74.7 Å². The molecule has 1 rings (SSSR count). The van der Waals surface area contributed by atoms with Crippen LogP contribution in [0.25, 0.3) is 0 Å². The highest BCUT2D eigenvalue weighted by Gasteiger charge is 2.47. The molecule has 0 aliphatic heterocycles. The number of rotatable bonds is 1. The van der Waals surface area contributed by atoms with Crippen LogP contribution in [0.3, 0.4) is 0 Å². The van der Waals surface area contributed by atoms with Crippen molar-refractivity contribution in [3.63, 3.8) is 0 Å². The van der Waals surface area contributed by atoms with Crippen molar-refractivity contribution in [1.82, 2.24) is 0 Å². The first-order valence-corrected chi connectivity index (χ1v) is 4.20. The third-order valence-electron chi connectivity index (χ3n) is 3.23. The lowest BCUT2D eigenvalue weighted by Gasteiger charge is -2.28. The zero-order valence-corrected chi connectivity index (χ0v) is 7.62. The summed E-state index contributed by atoms with van der Waals surface area (Å²) in [6.07, 6.45) is 0. The maximum absolute atomic E-state index is 9.91. The summed E-state index contributed by atoms with van der Waals surface area (Å²) in [7, 11) is 5.75. The Bertz CT molecular complexity index is 201. The van der Waals surface area contributed by atoms with E-state index in [9.17, 15) is 5.11 Å². The van der Waals surface area contributed by atoms with Crippen molar-refractivity contribution in [2.45, 2.75) is 25.3 Å². The standard InChI is InChI=1S/C9H15BO2/c1-5-7(4-11)6(2)9(3,12)8(5)10/h6-8,11-12H,1,4H2,2-3H3/t6-,7+,8-,9-/m1/s1. The third-order valence-corrected chi connectivity index (χ3v) is 3.23. The lowest BCUT2D eigenvalue weighted by atomic mass is 9.73. The molecule has 0 aromatic heterocycles. The fourth-order valence-electron chi connectivity index (χ4n) is 1.89. The fourth-order valence-corrected chi connectivity index (χ4v) is 1.89. The molecule has 0 heterocycles. The lowest BCUT2D eigenvalue weighted by molar-refractivity contribution is 0.0124. The summed E-state index contributed by atoms with van der Waals surface area (Å²) in [4.78, 5) is 0. The Morgan fingerprint density at radius 1 is 1.67 bits per heavy atom. The van der Waals surface area contributed by atoms with Crippen LogP contribution in [-0.2, 0) is 0 Å². The van der Waals surface area contributed by atoms with Gasteiger partial charge in [0.2, 0.25) is 0 Å². The van der Waals surface area contributed by atoms with E-state index < -0.39 is 11.4 Å². The first kappa shape index (κ1) is 9.81. The van der Waals surface area contributed by atoms with E-state index in [0.717, 1.165) is 5.57 Å².